The van der Waals surface area contributed by atoms with Crippen LogP contribution in [0.1, 0.15) is 51.0 Å². The molecule has 0 radical (unpaired) electrons. The second-order valence-corrected chi connectivity index (χ2v) is 9.31. The number of nitrogen functional groups attached to an aromatic ring is 1. The number of allylic oxidation sites excluding steroid dienone is 2. The molecule has 3 aromatic rings. The molecule has 158 valence electrons. The summed E-state index contributed by atoms with van der Waals surface area (Å²) in [6.45, 7) is 5.38. The topological polar surface area (TPSA) is 115 Å². The highest BCUT2D eigenvalue weighted by atomic mass is 32.1. The fourth-order valence-corrected chi connectivity index (χ4v) is 6.10. The summed E-state index contributed by atoms with van der Waals surface area (Å²) >= 11 is 2.80. The van der Waals surface area contributed by atoms with Crippen LogP contribution >= 0.6 is 22.7 Å². The van der Waals surface area contributed by atoms with E-state index in [1.807, 2.05) is 25.3 Å². The van der Waals surface area contributed by atoms with Crippen LogP contribution < -0.4 is 11.1 Å². The number of nitrogens with two attached hydrogens (primary N) is 1. The molecule has 1 aliphatic heterocycles. The number of ketones is 2. The molecule has 0 saturated heterocycles. The highest BCUT2D eigenvalue weighted by molar-refractivity contribution is 7.19. The Morgan fingerprint density at radius 1 is 1.16 bits per heavy atom. The normalized spacial score (nSPS) is 15.4. The SMILES string of the molecule is CC(=O)C1=C(C)Nc2sc(C(=O)c3ccc([N+](=O)[O-])cc3)c(N)c2C1c1sccc1C. The molecule has 4 rings (SSSR count). The highest BCUT2D eigenvalue weighted by Gasteiger charge is 2.37. The summed E-state index contributed by atoms with van der Waals surface area (Å²) < 4.78 is 0. The predicted octanol–water partition coefficient (Wildman–Crippen LogP) is 5.26. The zero-order valence-electron chi connectivity index (χ0n) is 17.0. The van der Waals surface area contributed by atoms with Crippen LogP contribution in [0.3, 0.4) is 0 Å². The van der Waals surface area contributed by atoms with Gasteiger partial charge < -0.3 is 11.1 Å². The molecule has 7 nitrogen and oxygen atoms in total. The Kier molecular flexibility index (Phi) is 5.24. The summed E-state index contributed by atoms with van der Waals surface area (Å²) in [6, 6.07) is 7.45. The van der Waals surface area contributed by atoms with Crippen LogP contribution in [0, 0.1) is 17.0 Å². The number of benzene rings is 1. The number of anilines is 2. The van der Waals surface area contributed by atoms with E-state index in [9.17, 15) is 19.7 Å². The van der Waals surface area contributed by atoms with Crippen molar-refractivity contribution >= 4 is 50.6 Å². The fourth-order valence-electron chi connectivity index (χ4n) is 3.88. The van der Waals surface area contributed by atoms with Gasteiger partial charge in [-0.2, -0.15) is 0 Å². The second-order valence-electron chi connectivity index (χ2n) is 7.34. The quantitative estimate of drug-likeness (QED) is 0.309. The van der Waals surface area contributed by atoms with Crippen LogP contribution in [0.25, 0.3) is 0 Å². The van der Waals surface area contributed by atoms with Crippen LogP contribution in [-0.4, -0.2) is 16.5 Å². The Bertz CT molecular complexity index is 1270. The standard InChI is InChI=1S/C22H19N3O4S2/c1-10-8-9-30-20(10)16-15(12(3)26)11(2)24-22-17(16)18(23)21(31-22)19(27)13-4-6-14(7-5-13)25(28)29/h4-9,16,24H,23H2,1-3H3. The number of nitrogens with one attached hydrogen (secondary N) is 1. The van der Waals surface area contributed by atoms with Crippen molar-refractivity contribution in [3.8, 4) is 0 Å². The largest absolute Gasteiger partial charge is 0.397 e. The number of rotatable bonds is 5. The highest BCUT2D eigenvalue weighted by Crippen LogP contribution is 2.52. The first-order valence-electron chi connectivity index (χ1n) is 9.44. The number of Topliss-reactive ketones (excluding diaryl/α,β-unsaturated/α-hetero) is 1. The number of carbonyl (C=O) groups excluding carboxylic acids is 2. The van der Waals surface area contributed by atoms with Gasteiger partial charge in [-0.1, -0.05) is 0 Å². The van der Waals surface area contributed by atoms with Crippen LogP contribution in [0.5, 0.6) is 0 Å². The lowest BCUT2D eigenvalue weighted by molar-refractivity contribution is -0.384. The number of non-ortho nitro benzene ring substituents is 1. The van der Waals surface area contributed by atoms with E-state index >= 15 is 0 Å². The van der Waals surface area contributed by atoms with Gasteiger partial charge in [0.2, 0.25) is 5.78 Å². The molecule has 0 bridgehead atoms. The molecule has 1 aromatic carbocycles. The van der Waals surface area contributed by atoms with Crippen molar-refractivity contribution in [2.45, 2.75) is 26.7 Å². The van der Waals surface area contributed by atoms with Gasteiger partial charge in [-0.15, -0.1) is 22.7 Å². The van der Waals surface area contributed by atoms with E-state index in [0.29, 0.717) is 21.7 Å². The molecule has 0 amide bonds. The van der Waals surface area contributed by atoms with E-state index in [4.69, 9.17) is 5.73 Å². The smallest absolute Gasteiger partial charge is 0.269 e. The number of nitrogens with zero attached hydrogens (tertiary/aromatic N) is 1. The van der Waals surface area contributed by atoms with Gasteiger partial charge in [-0.05, 0) is 49.9 Å². The molecule has 1 unspecified atom stereocenters. The maximum atomic E-state index is 13.2. The van der Waals surface area contributed by atoms with Crippen LogP contribution in [0.2, 0.25) is 0 Å². The number of carbonyl (C=O) groups is 2. The molecule has 3 heterocycles. The summed E-state index contributed by atoms with van der Waals surface area (Å²) in [5.41, 5.74) is 10.2. The molecule has 31 heavy (non-hydrogen) atoms. The van der Waals surface area contributed by atoms with Crippen molar-refractivity contribution < 1.29 is 14.5 Å². The fraction of sp³-hybridized carbons (Fsp3) is 0.182. The minimum absolute atomic E-state index is 0.0534. The number of hydrogen-bond acceptors (Lipinski definition) is 8. The maximum Gasteiger partial charge on any atom is 0.269 e. The molecule has 0 spiro atoms. The molecule has 0 fully saturated rings. The van der Waals surface area contributed by atoms with Crippen LogP contribution in [0.15, 0.2) is 47.0 Å². The van der Waals surface area contributed by atoms with Gasteiger partial charge in [0.25, 0.3) is 5.69 Å². The Morgan fingerprint density at radius 3 is 2.39 bits per heavy atom. The maximum absolute atomic E-state index is 13.2. The van der Waals surface area contributed by atoms with Gasteiger partial charge in [0, 0.05) is 39.4 Å². The molecule has 3 N–H and O–H groups in total. The third-order valence-corrected chi connectivity index (χ3v) is 7.57. The Hall–Kier alpha value is -3.30. The van der Waals surface area contributed by atoms with Crippen LogP contribution in [-0.2, 0) is 4.79 Å². The van der Waals surface area contributed by atoms with E-state index in [1.165, 1.54) is 42.5 Å². The summed E-state index contributed by atoms with van der Waals surface area (Å²) in [6.07, 6.45) is 0. The van der Waals surface area contributed by atoms with Crippen molar-refractivity contribution in [3.05, 3.63) is 83.5 Å². The summed E-state index contributed by atoms with van der Waals surface area (Å²) in [4.78, 5) is 37.5. The lowest BCUT2D eigenvalue weighted by Gasteiger charge is -2.28. The summed E-state index contributed by atoms with van der Waals surface area (Å²) in [7, 11) is 0. The van der Waals surface area contributed by atoms with Gasteiger partial charge in [0.1, 0.15) is 4.88 Å². The van der Waals surface area contributed by atoms with Gasteiger partial charge in [-0.25, -0.2) is 0 Å². The average Bonchev–Trinajstić information content (AvgIpc) is 3.29. The number of nitro benzene ring substituents is 1. The average molecular weight is 454 g/mol. The number of aryl methyl sites for hydroxylation is 1. The first-order chi connectivity index (χ1) is 14.7. The number of fused-ring (bicyclic) bond motifs is 1. The number of nitro groups is 1. The van der Waals surface area contributed by atoms with E-state index < -0.39 is 4.92 Å². The minimum Gasteiger partial charge on any atom is -0.397 e. The molecule has 2 aromatic heterocycles. The molecule has 0 saturated carbocycles. The Balaban J connectivity index is 1.84. The van der Waals surface area contributed by atoms with E-state index in [2.05, 4.69) is 5.32 Å². The monoisotopic (exact) mass is 453 g/mol. The second kappa shape index (κ2) is 7.75. The van der Waals surface area contributed by atoms with Crippen molar-refractivity contribution in [1.29, 1.82) is 0 Å². The van der Waals surface area contributed by atoms with Gasteiger partial charge in [0.05, 0.1) is 21.5 Å². The number of thiophene rings is 2. The summed E-state index contributed by atoms with van der Waals surface area (Å²) in [5, 5.41) is 16.9. The Morgan fingerprint density at radius 2 is 1.84 bits per heavy atom. The zero-order valence-corrected chi connectivity index (χ0v) is 18.6. The van der Waals surface area contributed by atoms with E-state index in [1.54, 1.807) is 11.3 Å². The lowest BCUT2D eigenvalue weighted by atomic mass is 9.83. The van der Waals surface area contributed by atoms with Gasteiger partial charge in [-0.3, -0.25) is 19.7 Å². The number of hydrogen-bond donors (Lipinski definition) is 2. The molecule has 0 aliphatic carbocycles. The lowest BCUT2D eigenvalue weighted by Crippen LogP contribution is -2.21. The van der Waals surface area contributed by atoms with E-state index in [-0.39, 0.29) is 23.2 Å². The third-order valence-electron chi connectivity index (χ3n) is 5.36. The first kappa shape index (κ1) is 21.0. The molecular formula is C22H19N3O4S2. The summed E-state index contributed by atoms with van der Waals surface area (Å²) in [5.74, 6) is -0.706. The molecule has 1 aliphatic rings. The van der Waals surface area contributed by atoms with Crippen molar-refractivity contribution in [3.63, 3.8) is 0 Å². The van der Waals surface area contributed by atoms with Crippen LogP contribution in [0.4, 0.5) is 16.4 Å². The first-order valence-corrected chi connectivity index (χ1v) is 11.1. The minimum atomic E-state index is -0.512. The third kappa shape index (κ3) is 3.45. The van der Waals surface area contributed by atoms with Crippen molar-refractivity contribution in [2.75, 3.05) is 11.1 Å². The van der Waals surface area contributed by atoms with Gasteiger partial charge in [0.15, 0.2) is 5.78 Å². The van der Waals surface area contributed by atoms with E-state index in [0.717, 1.165) is 26.7 Å². The van der Waals surface area contributed by atoms with Crippen molar-refractivity contribution in [1.82, 2.24) is 0 Å². The Labute approximate surface area is 186 Å². The zero-order chi connectivity index (χ0) is 22.4. The van der Waals surface area contributed by atoms with Crippen molar-refractivity contribution in [2.24, 2.45) is 0 Å². The molecular weight excluding hydrogens is 434 g/mol. The predicted molar refractivity (Wildman–Crippen MR) is 123 cm³/mol. The molecule has 1 atom stereocenters. The van der Waals surface area contributed by atoms with Gasteiger partial charge >= 0.3 is 0 Å². The molecule has 9 heteroatoms.